The number of rotatable bonds is 6. The van der Waals surface area contributed by atoms with E-state index in [1.165, 1.54) is 12.1 Å². The molecule has 3 aromatic carbocycles. The van der Waals surface area contributed by atoms with Gasteiger partial charge in [-0.2, -0.15) is 0 Å². The highest BCUT2D eigenvalue weighted by atomic mass is 16.5. The highest BCUT2D eigenvalue weighted by molar-refractivity contribution is 5.98. The van der Waals surface area contributed by atoms with Crippen molar-refractivity contribution in [1.29, 1.82) is 0 Å². The number of nitrogens with one attached hydrogen (secondary N) is 1. The van der Waals surface area contributed by atoms with Gasteiger partial charge in [-0.1, -0.05) is 48.5 Å². The van der Waals surface area contributed by atoms with Crippen LogP contribution in [0.15, 0.2) is 72.8 Å². The number of carbonyl (C=O) groups excluding carboxylic acids is 2. The zero-order chi connectivity index (χ0) is 22.7. The van der Waals surface area contributed by atoms with Crippen molar-refractivity contribution in [2.45, 2.75) is 17.8 Å². The van der Waals surface area contributed by atoms with E-state index >= 15 is 0 Å². The molecule has 1 fully saturated rings. The summed E-state index contributed by atoms with van der Waals surface area (Å²) < 4.78 is 5.46. The Kier molecular flexibility index (Phi) is 6.20. The van der Waals surface area contributed by atoms with Gasteiger partial charge in [-0.15, -0.1) is 0 Å². The number of aliphatic hydroxyl groups is 2. The Bertz CT molecular complexity index is 1120. The van der Waals surface area contributed by atoms with Crippen LogP contribution in [-0.4, -0.2) is 69.8 Å². The van der Waals surface area contributed by atoms with E-state index in [1.54, 1.807) is 30.3 Å². The summed E-state index contributed by atoms with van der Waals surface area (Å²) in [6, 6.07) is 21.1. The molecule has 0 radical (unpaired) electrons. The molecule has 0 aliphatic carbocycles. The van der Waals surface area contributed by atoms with Crippen LogP contribution in [0.4, 0.5) is 0 Å². The first-order chi connectivity index (χ1) is 15.4. The van der Waals surface area contributed by atoms with Crippen LogP contribution in [0.25, 0.3) is 10.8 Å². The molecule has 0 saturated carbocycles. The normalized spacial score (nSPS) is 22.6. The second kappa shape index (κ2) is 9.05. The number of nitrogens with zero attached hydrogens (tertiary/aromatic N) is 1. The van der Waals surface area contributed by atoms with Crippen LogP contribution in [0.1, 0.15) is 20.7 Å². The molecular weight excluding hydrogens is 412 g/mol. The van der Waals surface area contributed by atoms with Gasteiger partial charge in [-0.25, -0.2) is 5.06 Å². The van der Waals surface area contributed by atoms with E-state index in [0.717, 1.165) is 10.8 Å². The third kappa shape index (κ3) is 4.49. The molecule has 1 heterocycles. The van der Waals surface area contributed by atoms with Crippen molar-refractivity contribution in [3.05, 3.63) is 83.9 Å². The minimum absolute atomic E-state index is 0.0484. The molecule has 0 aromatic heterocycles. The first-order valence-electron chi connectivity index (χ1n) is 10.2. The predicted octanol–water partition coefficient (Wildman–Crippen LogP) is 1.59. The Morgan fingerprint density at radius 1 is 1.00 bits per heavy atom. The third-order valence-corrected chi connectivity index (χ3v) is 5.60. The minimum atomic E-state index is -1.88. The molecule has 8 nitrogen and oxygen atoms in total. The molecule has 1 aliphatic rings. The summed E-state index contributed by atoms with van der Waals surface area (Å²) in [5.74, 6) is -1.05. The van der Waals surface area contributed by atoms with Gasteiger partial charge in [0.15, 0.2) is 0 Å². The third-order valence-electron chi connectivity index (χ3n) is 5.60. The number of hydroxylamine groups is 2. The lowest BCUT2D eigenvalue weighted by molar-refractivity contribution is -0.133. The molecule has 0 unspecified atom stereocenters. The minimum Gasteiger partial charge on any atom is -0.387 e. The number of ether oxygens (including phenoxy) is 1. The van der Waals surface area contributed by atoms with Gasteiger partial charge >= 0.3 is 0 Å². The summed E-state index contributed by atoms with van der Waals surface area (Å²) in [6.07, 6.45) is -2.32. The lowest BCUT2D eigenvalue weighted by Gasteiger charge is -2.29. The zero-order valence-corrected chi connectivity index (χ0v) is 17.2. The van der Waals surface area contributed by atoms with Crippen LogP contribution >= 0.6 is 0 Å². The fourth-order valence-electron chi connectivity index (χ4n) is 3.77. The Balaban J connectivity index is 1.35. The highest BCUT2D eigenvalue weighted by Gasteiger charge is 2.49. The molecule has 3 aromatic rings. The van der Waals surface area contributed by atoms with Gasteiger partial charge in [0, 0.05) is 17.7 Å². The predicted molar refractivity (Wildman–Crippen MR) is 116 cm³/mol. The summed E-state index contributed by atoms with van der Waals surface area (Å²) in [4.78, 5) is 24.8. The second-order valence-electron chi connectivity index (χ2n) is 7.90. The number of hydrogen-bond donors (Lipinski definition) is 4. The van der Waals surface area contributed by atoms with Crippen LogP contribution in [-0.2, 0) is 4.74 Å². The number of carbonyl (C=O) groups is 2. The summed E-state index contributed by atoms with van der Waals surface area (Å²) >= 11 is 0. The van der Waals surface area contributed by atoms with Gasteiger partial charge in [0.1, 0.15) is 17.8 Å². The van der Waals surface area contributed by atoms with E-state index in [-0.39, 0.29) is 24.6 Å². The van der Waals surface area contributed by atoms with Crippen LogP contribution in [0.2, 0.25) is 0 Å². The van der Waals surface area contributed by atoms with Gasteiger partial charge in [0.2, 0.25) is 0 Å². The summed E-state index contributed by atoms with van der Waals surface area (Å²) in [5, 5.41) is 36.5. The molecule has 2 amide bonds. The molecule has 166 valence electrons. The summed E-state index contributed by atoms with van der Waals surface area (Å²) in [7, 11) is 0. The van der Waals surface area contributed by atoms with Gasteiger partial charge in [0.05, 0.1) is 13.2 Å². The van der Waals surface area contributed by atoms with Gasteiger partial charge in [0.25, 0.3) is 11.8 Å². The maximum Gasteiger partial charge on any atom is 0.277 e. The fraction of sp³-hybridized carbons (Fsp3) is 0.250. The Morgan fingerprint density at radius 2 is 1.69 bits per heavy atom. The number of benzene rings is 3. The van der Waals surface area contributed by atoms with E-state index in [1.807, 2.05) is 30.3 Å². The van der Waals surface area contributed by atoms with Crippen LogP contribution in [0.3, 0.4) is 0 Å². The van der Waals surface area contributed by atoms with Crippen molar-refractivity contribution < 1.29 is 29.7 Å². The smallest absolute Gasteiger partial charge is 0.277 e. The van der Waals surface area contributed by atoms with E-state index in [4.69, 9.17) is 4.74 Å². The lowest BCUT2D eigenvalue weighted by Crippen LogP contribution is -2.54. The molecule has 0 spiro atoms. The maximum atomic E-state index is 12.5. The average molecular weight is 436 g/mol. The van der Waals surface area contributed by atoms with E-state index < -0.39 is 30.3 Å². The molecule has 4 rings (SSSR count). The topological polar surface area (TPSA) is 119 Å². The Labute approximate surface area is 184 Å². The Morgan fingerprint density at radius 3 is 2.44 bits per heavy atom. The SMILES string of the molecule is O=C(NC[C@H]1OC[C@@](O)(CN(O)C(=O)c2ccccc2)[C@@H]1O)c1ccc2ccccc2c1. The quantitative estimate of drug-likeness (QED) is 0.344. The molecule has 8 heteroatoms. The number of hydrogen-bond acceptors (Lipinski definition) is 6. The van der Waals surface area contributed by atoms with Crippen LogP contribution in [0.5, 0.6) is 0 Å². The number of aliphatic hydroxyl groups excluding tert-OH is 1. The fourth-order valence-corrected chi connectivity index (χ4v) is 3.77. The molecule has 32 heavy (non-hydrogen) atoms. The van der Waals surface area contributed by atoms with Crippen LogP contribution < -0.4 is 5.32 Å². The van der Waals surface area contributed by atoms with Crippen molar-refractivity contribution >= 4 is 22.6 Å². The van der Waals surface area contributed by atoms with Gasteiger partial charge in [-0.05, 0) is 35.0 Å². The Hall–Kier alpha value is -3.30. The van der Waals surface area contributed by atoms with Crippen molar-refractivity contribution in [2.75, 3.05) is 19.7 Å². The van der Waals surface area contributed by atoms with Gasteiger partial charge in [-0.3, -0.25) is 14.8 Å². The first kappa shape index (κ1) is 21.9. The van der Waals surface area contributed by atoms with E-state index in [0.29, 0.717) is 10.6 Å². The molecule has 3 atom stereocenters. The number of amides is 2. The molecule has 1 aliphatic heterocycles. The van der Waals surface area contributed by atoms with E-state index in [9.17, 15) is 25.0 Å². The summed E-state index contributed by atoms with van der Waals surface area (Å²) in [6.45, 7) is -0.895. The van der Waals surface area contributed by atoms with Crippen molar-refractivity contribution in [3.8, 4) is 0 Å². The van der Waals surface area contributed by atoms with Gasteiger partial charge < -0.3 is 20.3 Å². The van der Waals surface area contributed by atoms with Crippen molar-refractivity contribution in [2.24, 2.45) is 0 Å². The highest BCUT2D eigenvalue weighted by Crippen LogP contribution is 2.26. The van der Waals surface area contributed by atoms with Crippen LogP contribution in [0, 0.1) is 0 Å². The monoisotopic (exact) mass is 436 g/mol. The van der Waals surface area contributed by atoms with Crippen molar-refractivity contribution in [1.82, 2.24) is 10.4 Å². The molecule has 0 bridgehead atoms. The lowest BCUT2D eigenvalue weighted by atomic mass is 9.96. The largest absolute Gasteiger partial charge is 0.387 e. The van der Waals surface area contributed by atoms with E-state index in [2.05, 4.69) is 5.32 Å². The first-order valence-corrected chi connectivity index (χ1v) is 10.2. The van der Waals surface area contributed by atoms with Crippen molar-refractivity contribution in [3.63, 3.8) is 0 Å². The second-order valence-corrected chi connectivity index (χ2v) is 7.90. The zero-order valence-electron chi connectivity index (χ0n) is 17.2. The summed E-state index contributed by atoms with van der Waals surface area (Å²) in [5.41, 5.74) is -1.18. The molecule has 4 N–H and O–H groups in total. The number of fused-ring (bicyclic) bond motifs is 1. The average Bonchev–Trinajstić information content (AvgIpc) is 3.10. The maximum absolute atomic E-state index is 12.5. The molecule has 1 saturated heterocycles. The molecular formula is C24H24N2O6. The standard InChI is InChI=1S/C24H24N2O6/c27-21-20(13-25-22(28)19-11-10-16-6-4-5-9-18(16)12-19)32-15-24(21,30)14-26(31)23(29)17-7-2-1-3-8-17/h1-12,20-21,27,30-31H,13-15H2,(H,25,28)/t20-,21-,24+/m1/s1.